The molecule has 7 nitrogen and oxygen atoms in total. The molecule has 0 radical (unpaired) electrons. The number of nitrogens with one attached hydrogen (secondary N) is 2. The van der Waals surface area contributed by atoms with E-state index in [0.717, 1.165) is 19.0 Å². The number of carbonyl (C=O) groups is 1. The van der Waals surface area contributed by atoms with Crippen LogP contribution in [-0.4, -0.2) is 76.2 Å². The second-order valence-corrected chi connectivity index (χ2v) is 8.66. The van der Waals surface area contributed by atoms with Gasteiger partial charge in [-0.25, -0.2) is 0 Å². The second-order valence-electron chi connectivity index (χ2n) is 7.73. The van der Waals surface area contributed by atoms with Crippen molar-refractivity contribution in [1.82, 2.24) is 14.9 Å². The lowest BCUT2D eigenvalue weighted by Gasteiger charge is -2.22. The highest BCUT2D eigenvalue weighted by Gasteiger charge is 2.17. The molecule has 2 N–H and O–H groups in total. The van der Waals surface area contributed by atoms with Gasteiger partial charge in [0, 0.05) is 57.1 Å². The van der Waals surface area contributed by atoms with Gasteiger partial charge in [0.1, 0.15) is 0 Å². The van der Waals surface area contributed by atoms with Gasteiger partial charge in [-0.1, -0.05) is 18.9 Å². The zero-order valence-corrected chi connectivity index (χ0v) is 20.8. The largest absolute Gasteiger partial charge is 0.493 e. The molecule has 1 unspecified atom stereocenters. The molecular formula is C23H41N3O4S. The third-order valence-corrected chi connectivity index (χ3v) is 5.98. The summed E-state index contributed by atoms with van der Waals surface area (Å²) in [4.78, 5) is 14.0. The number of carbonyl (C=O) groups excluding carboxylic acids is 1. The number of benzene rings is 1. The van der Waals surface area contributed by atoms with Crippen molar-refractivity contribution in [2.75, 3.05) is 53.3 Å². The number of nitrogens with zero attached hydrogens (tertiary/aromatic N) is 1. The average Bonchev–Trinajstić information content (AvgIpc) is 3.29. The van der Waals surface area contributed by atoms with E-state index in [0.29, 0.717) is 30.3 Å². The first-order valence-electron chi connectivity index (χ1n) is 11.1. The number of methoxy groups -OCH3 is 2. The quantitative estimate of drug-likeness (QED) is 0.369. The Labute approximate surface area is 192 Å². The minimum atomic E-state index is -0.0330. The van der Waals surface area contributed by atoms with E-state index in [-0.39, 0.29) is 11.9 Å². The molecular weight excluding hydrogens is 414 g/mol. The number of amides is 1. The van der Waals surface area contributed by atoms with Crippen LogP contribution in [0, 0.1) is 0 Å². The molecule has 1 fully saturated rings. The fourth-order valence-electron chi connectivity index (χ4n) is 2.78. The van der Waals surface area contributed by atoms with Crippen molar-refractivity contribution in [3.63, 3.8) is 0 Å². The lowest BCUT2D eigenvalue weighted by atomic mass is 10.1. The van der Waals surface area contributed by atoms with Crippen LogP contribution in [0.4, 0.5) is 0 Å². The lowest BCUT2D eigenvalue weighted by molar-refractivity contribution is 0.0754. The van der Waals surface area contributed by atoms with Crippen LogP contribution in [0.5, 0.6) is 11.5 Å². The fourth-order valence-corrected chi connectivity index (χ4v) is 3.54. The Morgan fingerprint density at radius 2 is 2.06 bits per heavy atom. The zero-order chi connectivity index (χ0) is 23.1. The van der Waals surface area contributed by atoms with Crippen LogP contribution in [0.3, 0.4) is 0 Å². The molecule has 1 saturated heterocycles. The third kappa shape index (κ3) is 10.6. The summed E-state index contributed by atoms with van der Waals surface area (Å²) in [5, 5.41) is 3.32. The van der Waals surface area contributed by atoms with E-state index < -0.39 is 0 Å². The molecule has 1 aliphatic rings. The Morgan fingerprint density at radius 1 is 1.29 bits per heavy atom. The maximum absolute atomic E-state index is 12.3. The van der Waals surface area contributed by atoms with E-state index in [1.165, 1.54) is 25.1 Å². The Kier molecular flexibility index (Phi) is 14.4. The van der Waals surface area contributed by atoms with Crippen LogP contribution < -0.4 is 19.5 Å². The van der Waals surface area contributed by atoms with Crippen LogP contribution in [0.15, 0.2) is 18.2 Å². The van der Waals surface area contributed by atoms with Crippen LogP contribution in [-0.2, 0) is 4.74 Å². The molecule has 1 aromatic carbocycles. The molecule has 1 heterocycles. The van der Waals surface area contributed by atoms with Crippen molar-refractivity contribution >= 4 is 17.9 Å². The summed E-state index contributed by atoms with van der Waals surface area (Å²) in [5.74, 6) is 2.40. The van der Waals surface area contributed by atoms with Crippen molar-refractivity contribution < 1.29 is 19.0 Å². The maximum Gasteiger partial charge on any atom is 0.253 e. The van der Waals surface area contributed by atoms with Gasteiger partial charge in [-0.15, -0.1) is 0 Å². The number of hydrogen-bond donors (Lipinski definition) is 2. The second kappa shape index (κ2) is 16.2. The number of hydrogen-bond acceptors (Lipinski definition) is 7. The molecule has 178 valence electrons. The lowest BCUT2D eigenvalue weighted by Crippen LogP contribution is -2.32. The monoisotopic (exact) mass is 455 g/mol. The smallest absolute Gasteiger partial charge is 0.253 e. The maximum atomic E-state index is 12.3. The Bertz CT molecular complexity index is 625. The van der Waals surface area contributed by atoms with Gasteiger partial charge in [0.05, 0.1) is 13.7 Å². The first-order valence-corrected chi connectivity index (χ1v) is 12.1. The van der Waals surface area contributed by atoms with E-state index in [2.05, 4.69) is 17.0 Å². The SMILES string of the molecule is CCCSNC1CCNC1.COCCCOc1cc(C(=O)N(C)C(C)C)ccc1OC. The highest BCUT2D eigenvalue weighted by molar-refractivity contribution is 7.97. The van der Waals surface area contributed by atoms with Crippen molar-refractivity contribution in [3.05, 3.63) is 23.8 Å². The summed E-state index contributed by atoms with van der Waals surface area (Å²) in [6.07, 6.45) is 3.33. The minimum Gasteiger partial charge on any atom is -0.493 e. The molecule has 0 spiro atoms. The Morgan fingerprint density at radius 3 is 2.65 bits per heavy atom. The van der Waals surface area contributed by atoms with E-state index in [4.69, 9.17) is 14.2 Å². The summed E-state index contributed by atoms with van der Waals surface area (Å²) in [7, 11) is 5.02. The van der Waals surface area contributed by atoms with Crippen LogP contribution in [0.1, 0.15) is 50.4 Å². The highest BCUT2D eigenvalue weighted by atomic mass is 32.2. The Hall–Kier alpha value is -1.48. The van der Waals surface area contributed by atoms with Crippen molar-refractivity contribution in [3.8, 4) is 11.5 Å². The third-order valence-electron chi connectivity index (χ3n) is 4.87. The van der Waals surface area contributed by atoms with Crippen LogP contribution >= 0.6 is 11.9 Å². The number of rotatable bonds is 12. The van der Waals surface area contributed by atoms with Gasteiger partial charge < -0.3 is 24.4 Å². The standard InChI is InChI=1S/C16H25NO4.C7H16N2S/c1-12(2)17(3)16(18)13-7-8-14(20-5)15(11-13)21-10-6-9-19-4;1-2-5-10-9-7-3-4-8-6-7/h7-8,11-12H,6,9-10H2,1-5H3;7-9H,2-6H2,1H3. The van der Waals surface area contributed by atoms with Crippen molar-refractivity contribution in [2.45, 2.75) is 52.1 Å². The zero-order valence-electron chi connectivity index (χ0n) is 20.0. The first kappa shape index (κ1) is 27.6. The normalized spacial score (nSPS) is 15.4. The fraction of sp³-hybridized carbons (Fsp3) is 0.696. The summed E-state index contributed by atoms with van der Waals surface area (Å²) in [5.41, 5.74) is 0.591. The van der Waals surface area contributed by atoms with Gasteiger partial charge in [0.2, 0.25) is 0 Å². The number of ether oxygens (including phenoxy) is 3. The molecule has 0 bridgehead atoms. The molecule has 1 aliphatic heterocycles. The molecule has 1 atom stereocenters. The van der Waals surface area contributed by atoms with Gasteiger partial charge in [0.15, 0.2) is 11.5 Å². The van der Waals surface area contributed by atoms with Gasteiger partial charge in [-0.3, -0.25) is 9.52 Å². The van der Waals surface area contributed by atoms with Gasteiger partial charge in [0.25, 0.3) is 5.91 Å². The topological polar surface area (TPSA) is 72.1 Å². The Balaban J connectivity index is 0.000000399. The summed E-state index contributed by atoms with van der Waals surface area (Å²) >= 11 is 1.86. The highest BCUT2D eigenvalue weighted by Crippen LogP contribution is 2.28. The summed E-state index contributed by atoms with van der Waals surface area (Å²) in [6, 6.07) is 6.10. The van der Waals surface area contributed by atoms with E-state index in [9.17, 15) is 4.79 Å². The first-order chi connectivity index (χ1) is 14.9. The van der Waals surface area contributed by atoms with Gasteiger partial charge >= 0.3 is 0 Å². The van der Waals surface area contributed by atoms with Crippen LogP contribution in [0.2, 0.25) is 0 Å². The molecule has 0 saturated carbocycles. The van der Waals surface area contributed by atoms with Gasteiger partial charge in [-0.2, -0.15) is 0 Å². The summed E-state index contributed by atoms with van der Waals surface area (Å²) in [6.45, 7) is 9.65. The predicted molar refractivity (Wildman–Crippen MR) is 129 cm³/mol. The molecule has 0 aliphatic carbocycles. The molecule has 8 heteroatoms. The van der Waals surface area contributed by atoms with E-state index in [1.807, 2.05) is 25.8 Å². The van der Waals surface area contributed by atoms with E-state index in [1.54, 1.807) is 44.4 Å². The predicted octanol–water partition coefficient (Wildman–Crippen LogP) is 3.59. The van der Waals surface area contributed by atoms with Gasteiger partial charge in [-0.05, 0) is 51.4 Å². The molecule has 1 amide bonds. The van der Waals surface area contributed by atoms with E-state index >= 15 is 0 Å². The molecule has 2 rings (SSSR count). The molecule has 1 aromatic rings. The van der Waals surface area contributed by atoms with Crippen LogP contribution in [0.25, 0.3) is 0 Å². The molecule has 31 heavy (non-hydrogen) atoms. The minimum absolute atomic E-state index is 0.0330. The molecule has 0 aromatic heterocycles. The van der Waals surface area contributed by atoms with Crippen molar-refractivity contribution in [2.24, 2.45) is 0 Å². The van der Waals surface area contributed by atoms with Crippen molar-refractivity contribution in [1.29, 1.82) is 0 Å². The average molecular weight is 456 g/mol. The summed E-state index contributed by atoms with van der Waals surface area (Å²) < 4.78 is 19.4.